The van der Waals surface area contributed by atoms with E-state index < -0.39 is 12.0 Å². The van der Waals surface area contributed by atoms with Gasteiger partial charge in [-0.15, -0.1) is 0 Å². The molecule has 0 spiro atoms. The molecule has 0 heterocycles. The van der Waals surface area contributed by atoms with Crippen molar-refractivity contribution in [3.63, 3.8) is 0 Å². The summed E-state index contributed by atoms with van der Waals surface area (Å²) in [6.07, 6.45) is 24.8. The van der Waals surface area contributed by atoms with Crippen molar-refractivity contribution in [2.45, 2.75) is 123 Å². The van der Waals surface area contributed by atoms with E-state index in [1.165, 1.54) is 77.0 Å². The average Bonchev–Trinajstić information content (AvgIpc) is 2.65. The van der Waals surface area contributed by atoms with E-state index >= 15 is 0 Å². The van der Waals surface area contributed by atoms with Crippen LogP contribution in [0.2, 0.25) is 0 Å². The van der Waals surface area contributed by atoms with Crippen LogP contribution in [0.15, 0.2) is 12.2 Å². The Morgan fingerprint density at radius 3 is 1.72 bits per heavy atom. The molecule has 0 aromatic heterocycles. The van der Waals surface area contributed by atoms with Gasteiger partial charge in [0.1, 0.15) is 6.04 Å². The molecule has 166 valence electrons. The van der Waals surface area contributed by atoms with Gasteiger partial charge in [-0.3, -0.25) is 11.1 Å². The number of nitrogens with two attached hydrogens (primary N) is 1. The van der Waals surface area contributed by atoms with Gasteiger partial charge in [-0.05, 0) is 38.0 Å². The maximum atomic E-state index is 10.1. The molecule has 0 rings (SSSR count). The number of carboxylic acids is 1. The third-order valence-corrected chi connectivity index (χ3v) is 4.58. The summed E-state index contributed by atoms with van der Waals surface area (Å²) in [5.41, 5.74) is 5.22. The van der Waals surface area contributed by atoms with E-state index in [0.717, 1.165) is 6.42 Å². The maximum absolute atomic E-state index is 10.1. The van der Waals surface area contributed by atoms with Crippen LogP contribution in [0.1, 0.15) is 117 Å². The van der Waals surface area contributed by atoms with Gasteiger partial charge >= 0.3 is 35.5 Å². The Labute approximate surface area is 202 Å². The number of hydrogen-bond donors (Lipinski definition) is 2. The van der Waals surface area contributed by atoms with Crippen LogP contribution in [0.4, 0.5) is 0 Å². The molecule has 5 heteroatoms. The summed E-state index contributed by atoms with van der Waals surface area (Å²) < 4.78 is 0. The van der Waals surface area contributed by atoms with Crippen LogP contribution in [0, 0.1) is 5.92 Å². The van der Waals surface area contributed by atoms with Gasteiger partial charge < -0.3 is 15.6 Å². The minimum absolute atomic E-state index is 0. The van der Waals surface area contributed by atoms with E-state index in [1.54, 1.807) is 0 Å². The Morgan fingerprint density at radius 2 is 1.34 bits per heavy atom. The van der Waals surface area contributed by atoms with Crippen molar-refractivity contribution in [1.82, 2.24) is 0 Å². The van der Waals surface area contributed by atoms with Crippen molar-refractivity contribution in [3.8, 4) is 0 Å². The van der Waals surface area contributed by atoms with Gasteiger partial charge in [0, 0.05) is 0 Å². The number of rotatable bonds is 18. The SMILES string of the molecule is CC(C)CC(N)C(=O)O.CCCCCCCC/C=C\CCCCCCC[C-]=O.[Na+]. The quantitative estimate of drug-likeness (QED) is 0.154. The van der Waals surface area contributed by atoms with Gasteiger partial charge in [0.15, 0.2) is 0 Å². The number of aliphatic carboxylic acids is 1. The van der Waals surface area contributed by atoms with Gasteiger partial charge in [0.25, 0.3) is 0 Å². The molecular weight excluding hydrogens is 373 g/mol. The van der Waals surface area contributed by atoms with Crippen molar-refractivity contribution in [3.05, 3.63) is 12.2 Å². The molecular formula is C24H46NNaO3. The van der Waals surface area contributed by atoms with Gasteiger partial charge in [-0.25, -0.2) is 0 Å². The fourth-order valence-electron chi connectivity index (χ4n) is 2.88. The Morgan fingerprint density at radius 1 is 0.897 bits per heavy atom. The van der Waals surface area contributed by atoms with Crippen LogP contribution in [0.3, 0.4) is 0 Å². The molecule has 1 atom stereocenters. The monoisotopic (exact) mass is 419 g/mol. The molecule has 0 aliphatic carbocycles. The molecule has 0 aromatic carbocycles. The molecule has 0 radical (unpaired) electrons. The molecule has 0 bridgehead atoms. The van der Waals surface area contributed by atoms with Crippen LogP contribution in [-0.2, 0) is 9.59 Å². The van der Waals surface area contributed by atoms with E-state index in [1.807, 2.05) is 20.1 Å². The molecule has 0 saturated heterocycles. The van der Waals surface area contributed by atoms with Crippen LogP contribution >= 0.6 is 0 Å². The largest absolute Gasteiger partial charge is 1.00 e. The molecule has 4 nitrogen and oxygen atoms in total. The zero-order valence-corrected chi connectivity index (χ0v) is 21.8. The summed E-state index contributed by atoms with van der Waals surface area (Å²) in [7, 11) is 0. The molecule has 29 heavy (non-hydrogen) atoms. The van der Waals surface area contributed by atoms with Crippen molar-refractivity contribution < 1.29 is 44.3 Å². The number of unbranched alkanes of at least 4 members (excludes halogenated alkanes) is 12. The summed E-state index contributed by atoms with van der Waals surface area (Å²) in [6.45, 7) is 6.16. The molecule has 0 amide bonds. The molecule has 3 N–H and O–H groups in total. The third-order valence-electron chi connectivity index (χ3n) is 4.58. The first-order chi connectivity index (χ1) is 13.5. The average molecular weight is 420 g/mol. The standard InChI is InChI=1S/C18H33O.C6H13NO2.Na/c1-2-3-4-5-6-7-8-9-10-11-12-13-14-15-16-17-18-19;1-4(2)3-5(7)6(8)9;/h9-10H,2-8,11-17H2,1H3;4-5H,3,7H2,1-2H3,(H,8,9);/q-1;;+1/b10-9-;;. The molecule has 0 saturated carbocycles. The van der Waals surface area contributed by atoms with Crippen molar-refractivity contribution in [2.24, 2.45) is 11.7 Å². The first-order valence-electron chi connectivity index (χ1n) is 11.4. The van der Waals surface area contributed by atoms with E-state index in [4.69, 9.17) is 10.8 Å². The second kappa shape index (κ2) is 27.8. The number of carboxylic acid groups (broad SMARTS) is 1. The Balaban J connectivity index is -0.000000572. The minimum Gasteiger partial charge on any atom is -0.542 e. The molecule has 0 aliphatic heterocycles. The Bertz CT molecular complexity index is 373. The predicted molar refractivity (Wildman–Crippen MR) is 120 cm³/mol. The number of hydrogen-bond acceptors (Lipinski definition) is 3. The van der Waals surface area contributed by atoms with Gasteiger partial charge in [0.05, 0.1) is 0 Å². The fourth-order valence-corrected chi connectivity index (χ4v) is 2.88. The third kappa shape index (κ3) is 32.7. The number of carbonyl (C=O) groups excluding carboxylic acids is 1. The van der Waals surface area contributed by atoms with Crippen molar-refractivity contribution >= 4 is 12.3 Å². The van der Waals surface area contributed by atoms with Crippen LogP contribution < -0.4 is 35.3 Å². The van der Waals surface area contributed by atoms with Crippen molar-refractivity contribution in [2.75, 3.05) is 0 Å². The van der Waals surface area contributed by atoms with Gasteiger partial charge in [-0.2, -0.15) is 6.42 Å². The summed E-state index contributed by atoms with van der Waals surface area (Å²) in [6, 6.07) is -0.690. The fraction of sp³-hybridized carbons (Fsp3) is 0.833. The summed E-state index contributed by atoms with van der Waals surface area (Å²) >= 11 is 0. The molecule has 1 unspecified atom stereocenters. The van der Waals surface area contributed by atoms with Crippen LogP contribution in [-0.4, -0.2) is 23.4 Å². The second-order valence-corrected chi connectivity index (χ2v) is 8.05. The normalized spacial score (nSPS) is 11.6. The minimum atomic E-state index is -0.913. The Kier molecular flexibility index (Phi) is 32.1. The number of carbonyl (C=O) groups is 1. The topological polar surface area (TPSA) is 80.4 Å². The molecule has 0 aliphatic rings. The zero-order valence-electron chi connectivity index (χ0n) is 19.8. The van der Waals surface area contributed by atoms with Gasteiger partial charge in [0.2, 0.25) is 0 Å². The van der Waals surface area contributed by atoms with Crippen LogP contribution in [0.25, 0.3) is 0 Å². The van der Waals surface area contributed by atoms with Crippen molar-refractivity contribution in [1.29, 1.82) is 0 Å². The Hall–Kier alpha value is -0.160. The van der Waals surface area contributed by atoms with E-state index in [9.17, 15) is 9.59 Å². The summed E-state index contributed by atoms with van der Waals surface area (Å²) in [4.78, 5) is 20.1. The molecule has 0 fully saturated rings. The molecule has 0 aromatic rings. The predicted octanol–water partition coefficient (Wildman–Crippen LogP) is 3.58. The van der Waals surface area contributed by atoms with E-state index in [-0.39, 0.29) is 29.6 Å². The van der Waals surface area contributed by atoms with Crippen LogP contribution in [0.5, 0.6) is 0 Å². The van der Waals surface area contributed by atoms with E-state index in [0.29, 0.717) is 18.8 Å². The first-order valence-corrected chi connectivity index (χ1v) is 11.4. The number of allylic oxidation sites excluding steroid dienone is 2. The van der Waals surface area contributed by atoms with E-state index in [2.05, 4.69) is 19.1 Å². The zero-order chi connectivity index (χ0) is 21.5. The van der Waals surface area contributed by atoms with Gasteiger partial charge in [-0.1, -0.05) is 90.7 Å². The second-order valence-electron chi connectivity index (χ2n) is 8.05. The first kappa shape index (κ1) is 33.5. The summed E-state index contributed by atoms with van der Waals surface area (Å²) in [5.74, 6) is -0.556. The maximum Gasteiger partial charge on any atom is 1.00 e. The smallest absolute Gasteiger partial charge is 0.542 e. The summed E-state index contributed by atoms with van der Waals surface area (Å²) in [5, 5.41) is 8.31.